The van der Waals surface area contributed by atoms with E-state index in [2.05, 4.69) is 32.8 Å². The fraction of sp³-hybridized carbons (Fsp3) is 1.00. The maximum absolute atomic E-state index is 2.36. The molecule has 0 aromatic carbocycles. The van der Waals surface area contributed by atoms with Crippen molar-refractivity contribution in [3.8, 4) is 0 Å². The second-order valence-corrected chi connectivity index (χ2v) is 11.5. The van der Waals surface area contributed by atoms with Crippen molar-refractivity contribution in [3.05, 3.63) is 0 Å². The van der Waals surface area contributed by atoms with Gasteiger partial charge in [0.1, 0.15) is 0 Å². The van der Waals surface area contributed by atoms with Crippen LogP contribution in [0.25, 0.3) is 0 Å². The van der Waals surface area contributed by atoms with E-state index in [1.807, 2.05) is 0 Å². The Balaban J connectivity index is 3.26. The zero-order valence-corrected chi connectivity index (χ0v) is 10.3. The summed E-state index contributed by atoms with van der Waals surface area (Å²) in [6.07, 6.45) is 0. The van der Waals surface area contributed by atoms with Gasteiger partial charge in [-0.3, -0.25) is 0 Å². The van der Waals surface area contributed by atoms with Crippen LogP contribution in [0.5, 0.6) is 0 Å². The van der Waals surface area contributed by atoms with E-state index in [1.54, 1.807) is 4.98 Å². The van der Waals surface area contributed by atoms with Gasteiger partial charge in [0.25, 0.3) is 0 Å². The molecule has 1 nitrogen and oxygen atoms in total. The fourth-order valence-corrected chi connectivity index (χ4v) is 5.91. The molecule has 10 heavy (non-hydrogen) atoms. The predicted molar refractivity (Wildman–Crippen MR) is 50.1 cm³/mol. The molecule has 0 aliphatic carbocycles. The van der Waals surface area contributed by atoms with Crippen molar-refractivity contribution < 1.29 is 0 Å². The summed E-state index contributed by atoms with van der Waals surface area (Å²) in [5.41, 5.74) is 0. The zero-order valence-electron chi connectivity index (χ0n) is 7.85. The second kappa shape index (κ2) is 6.32. The molecule has 0 saturated carbocycles. The Morgan fingerprint density at radius 2 is 1.60 bits per heavy atom. The molecule has 2 heteroatoms. The Bertz CT molecular complexity index is 69.7. The van der Waals surface area contributed by atoms with Crippen molar-refractivity contribution in [2.45, 2.75) is 28.8 Å². The minimum atomic E-state index is -0.723. The average Bonchev–Trinajstić information content (AvgIpc) is 1.90. The molecule has 0 radical (unpaired) electrons. The molecule has 0 aromatic heterocycles. The summed E-state index contributed by atoms with van der Waals surface area (Å²) in [6.45, 7) is 6.06. The van der Waals surface area contributed by atoms with Crippen molar-refractivity contribution >= 4 is 16.2 Å². The third-order valence-corrected chi connectivity index (χ3v) is 9.24. The van der Waals surface area contributed by atoms with E-state index in [9.17, 15) is 0 Å². The van der Waals surface area contributed by atoms with Crippen LogP contribution in [0, 0.1) is 0 Å². The molecule has 0 rings (SSSR count). The van der Waals surface area contributed by atoms with Gasteiger partial charge in [0.15, 0.2) is 0 Å². The predicted octanol–water partition coefficient (Wildman–Crippen LogP) is 2.08. The molecule has 0 fully saturated rings. The summed E-state index contributed by atoms with van der Waals surface area (Å²) in [7, 11) is 4.34. The maximum atomic E-state index is 2.36. The van der Waals surface area contributed by atoms with E-state index in [0.29, 0.717) is 0 Å². The van der Waals surface area contributed by atoms with E-state index in [4.69, 9.17) is 0 Å². The third-order valence-electron chi connectivity index (χ3n) is 2.14. The van der Waals surface area contributed by atoms with Crippen LogP contribution in [-0.2, 0) is 0 Å². The Kier molecular flexibility index (Phi) is 6.69. The quantitative estimate of drug-likeness (QED) is 0.614. The number of hydrogen-bond acceptors (Lipinski definition) is 1. The molecule has 0 unspecified atom stereocenters. The van der Waals surface area contributed by atoms with Crippen LogP contribution >= 0.6 is 0 Å². The molecular formula is C8H20GaN. The molecule has 0 saturated heterocycles. The first-order valence-electron chi connectivity index (χ1n) is 4.35. The van der Waals surface area contributed by atoms with E-state index in [1.165, 1.54) is 16.5 Å². The molecule has 0 aromatic rings. The number of rotatable bonds is 5. The van der Waals surface area contributed by atoms with Gasteiger partial charge >= 0.3 is 70.5 Å². The van der Waals surface area contributed by atoms with Crippen LogP contribution in [-0.4, -0.2) is 41.8 Å². The molecule has 0 atom stereocenters. The summed E-state index contributed by atoms with van der Waals surface area (Å²) in [6, 6.07) is 0. The Morgan fingerprint density at radius 3 is 1.90 bits per heavy atom. The van der Waals surface area contributed by atoms with E-state index in [0.717, 1.165) is 0 Å². The van der Waals surface area contributed by atoms with Gasteiger partial charge in [-0.15, -0.1) is 0 Å². The van der Waals surface area contributed by atoms with Gasteiger partial charge in [-0.2, -0.15) is 0 Å². The Morgan fingerprint density at radius 1 is 1.10 bits per heavy atom. The van der Waals surface area contributed by atoms with Crippen LogP contribution in [0.1, 0.15) is 13.8 Å². The molecule has 0 bridgehead atoms. The first-order chi connectivity index (χ1) is 4.70. The van der Waals surface area contributed by atoms with Crippen LogP contribution in [0.15, 0.2) is 0 Å². The van der Waals surface area contributed by atoms with Gasteiger partial charge in [-0.25, -0.2) is 0 Å². The molecule has 60 valence electrons. The molecule has 0 aliphatic rings. The van der Waals surface area contributed by atoms with Gasteiger partial charge in [-0.1, -0.05) is 0 Å². The normalized spacial score (nSPS) is 10.5. The van der Waals surface area contributed by atoms with Crippen LogP contribution in [0.2, 0.25) is 14.9 Å². The van der Waals surface area contributed by atoms with Gasteiger partial charge in [0.2, 0.25) is 0 Å². The topological polar surface area (TPSA) is 3.24 Å². The monoisotopic (exact) mass is 199 g/mol. The minimum absolute atomic E-state index is 0.723. The fourth-order valence-electron chi connectivity index (χ4n) is 1.14. The third kappa shape index (κ3) is 5.39. The van der Waals surface area contributed by atoms with Crippen molar-refractivity contribution in [1.29, 1.82) is 0 Å². The molecule has 0 amide bonds. The average molecular weight is 200 g/mol. The van der Waals surface area contributed by atoms with E-state index < -0.39 is 16.2 Å². The molecule has 0 spiro atoms. The van der Waals surface area contributed by atoms with Crippen LogP contribution in [0.3, 0.4) is 0 Å². The molecular weight excluding hydrogens is 180 g/mol. The first kappa shape index (κ1) is 10.6. The van der Waals surface area contributed by atoms with E-state index in [-0.39, 0.29) is 0 Å². The number of nitrogens with zero attached hydrogens (tertiary/aromatic N) is 1. The molecule has 0 heterocycles. The van der Waals surface area contributed by atoms with Crippen LogP contribution in [0.4, 0.5) is 0 Å². The summed E-state index contributed by atoms with van der Waals surface area (Å²) in [5, 5.41) is 0. The standard InChI is InChI=1S/C4H10N.2C2H5.Ga/c1-4-5(2)3;2*1-2;/h1,4H2,2-3H3;2*1H2,2H3;. The zero-order chi connectivity index (χ0) is 7.98. The van der Waals surface area contributed by atoms with Gasteiger partial charge in [0.05, 0.1) is 0 Å². The first-order valence-corrected chi connectivity index (χ1v) is 9.49. The van der Waals surface area contributed by atoms with Gasteiger partial charge < -0.3 is 0 Å². The van der Waals surface area contributed by atoms with Gasteiger partial charge in [0, 0.05) is 0 Å². The second-order valence-electron chi connectivity index (χ2n) is 3.27. The summed E-state index contributed by atoms with van der Waals surface area (Å²) in [4.78, 5) is 6.91. The summed E-state index contributed by atoms with van der Waals surface area (Å²) in [5.74, 6) is 0. The SMILES string of the molecule is C[CH2][Ga]([CH2]C)[CH2]CN(C)C. The molecule has 0 N–H and O–H groups in total. The Hall–Kier alpha value is 0.596. The van der Waals surface area contributed by atoms with Crippen molar-refractivity contribution in [2.24, 2.45) is 0 Å². The van der Waals surface area contributed by atoms with Crippen LogP contribution < -0.4 is 0 Å². The number of hydrogen-bond donors (Lipinski definition) is 0. The Labute approximate surface area is 70.8 Å². The van der Waals surface area contributed by atoms with Crippen molar-refractivity contribution in [1.82, 2.24) is 4.90 Å². The van der Waals surface area contributed by atoms with E-state index >= 15 is 0 Å². The summed E-state index contributed by atoms with van der Waals surface area (Å²) < 4.78 is 0. The summed E-state index contributed by atoms with van der Waals surface area (Å²) >= 11 is -0.723. The van der Waals surface area contributed by atoms with Crippen molar-refractivity contribution in [2.75, 3.05) is 20.6 Å². The van der Waals surface area contributed by atoms with Crippen molar-refractivity contribution in [3.63, 3.8) is 0 Å². The van der Waals surface area contributed by atoms with Gasteiger partial charge in [-0.05, 0) is 0 Å². The molecule has 0 aliphatic heterocycles.